The molecule has 1 atom stereocenters. The number of carbonyl (C=O) groups excluding carboxylic acids is 3. The zero-order valence-corrected chi connectivity index (χ0v) is 54.1. The van der Waals surface area contributed by atoms with Crippen molar-refractivity contribution in [3.63, 3.8) is 0 Å². The molecule has 0 heterocycles. The number of hydrogen-bond acceptors (Lipinski definition) is 6. The molecule has 1 unspecified atom stereocenters. The first-order valence-corrected chi connectivity index (χ1v) is 35.4. The molecule has 470 valence electrons. The second-order valence-corrected chi connectivity index (χ2v) is 23.8. The lowest BCUT2D eigenvalue weighted by molar-refractivity contribution is -0.167. The van der Waals surface area contributed by atoms with Gasteiger partial charge in [-0.05, 0) is 83.5 Å². The summed E-state index contributed by atoms with van der Waals surface area (Å²) in [4.78, 5) is 38.4. The van der Waals surface area contributed by atoms with Crippen LogP contribution in [0.25, 0.3) is 0 Å². The molecule has 0 aliphatic rings. The van der Waals surface area contributed by atoms with E-state index in [1.807, 2.05) is 0 Å². The summed E-state index contributed by atoms with van der Waals surface area (Å²) in [7, 11) is 0. The fourth-order valence-electron chi connectivity index (χ4n) is 10.4. The molecule has 0 aliphatic heterocycles. The summed E-state index contributed by atoms with van der Waals surface area (Å²) in [6, 6.07) is 0. The van der Waals surface area contributed by atoms with Gasteiger partial charge in [-0.15, -0.1) is 0 Å². The van der Waals surface area contributed by atoms with E-state index in [0.717, 1.165) is 77.0 Å². The number of carbonyl (C=O) groups is 3. The maximum Gasteiger partial charge on any atom is 0.306 e. The first-order chi connectivity index (χ1) is 40.0. The summed E-state index contributed by atoms with van der Waals surface area (Å²) in [5, 5.41) is 0. The van der Waals surface area contributed by atoms with E-state index in [1.165, 1.54) is 244 Å². The van der Waals surface area contributed by atoms with Crippen molar-refractivity contribution in [3.05, 3.63) is 72.9 Å². The molecule has 0 aromatic heterocycles. The Balaban J connectivity index is 4.30. The van der Waals surface area contributed by atoms with Gasteiger partial charge in [0.1, 0.15) is 13.2 Å². The molecule has 0 aliphatic carbocycles. The van der Waals surface area contributed by atoms with Crippen LogP contribution in [0.15, 0.2) is 72.9 Å². The first kappa shape index (κ1) is 77.9. The minimum Gasteiger partial charge on any atom is -0.462 e. The predicted molar refractivity (Wildman–Crippen MR) is 353 cm³/mol. The smallest absolute Gasteiger partial charge is 0.306 e. The van der Waals surface area contributed by atoms with E-state index in [-0.39, 0.29) is 37.5 Å². The van der Waals surface area contributed by atoms with Crippen molar-refractivity contribution in [3.8, 4) is 0 Å². The van der Waals surface area contributed by atoms with Crippen LogP contribution in [-0.4, -0.2) is 37.2 Å². The van der Waals surface area contributed by atoms with Gasteiger partial charge in [-0.1, -0.05) is 338 Å². The number of ether oxygens (including phenoxy) is 3. The molecular formula is C75H134O6. The second kappa shape index (κ2) is 69.3. The number of rotatable bonds is 65. The summed E-state index contributed by atoms with van der Waals surface area (Å²) in [5.74, 6) is -0.937. The molecule has 0 saturated carbocycles. The van der Waals surface area contributed by atoms with E-state index in [4.69, 9.17) is 14.2 Å². The van der Waals surface area contributed by atoms with Gasteiger partial charge in [-0.2, -0.15) is 0 Å². The van der Waals surface area contributed by atoms with E-state index < -0.39 is 6.10 Å². The Morgan fingerprint density at radius 1 is 0.259 bits per heavy atom. The van der Waals surface area contributed by atoms with E-state index in [0.29, 0.717) is 19.3 Å². The molecule has 0 saturated heterocycles. The Morgan fingerprint density at radius 3 is 0.815 bits per heavy atom. The zero-order valence-electron chi connectivity index (χ0n) is 54.1. The Labute approximate surface area is 503 Å². The van der Waals surface area contributed by atoms with Crippen molar-refractivity contribution in [2.75, 3.05) is 13.2 Å². The number of esters is 3. The molecule has 0 amide bonds. The maximum atomic E-state index is 12.9. The molecule has 6 nitrogen and oxygen atoms in total. The Morgan fingerprint density at radius 2 is 0.494 bits per heavy atom. The van der Waals surface area contributed by atoms with Crippen LogP contribution in [0.5, 0.6) is 0 Å². The van der Waals surface area contributed by atoms with Crippen molar-refractivity contribution >= 4 is 17.9 Å². The average Bonchev–Trinajstić information content (AvgIpc) is 3.47. The highest BCUT2D eigenvalue weighted by Gasteiger charge is 2.19. The van der Waals surface area contributed by atoms with Gasteiger partial charge in [0.25, 0.3) is 0 Å². The SMILES string of the molecule is CC/C=C\C/C=C\C/C=C\C/C=C\C/C=C\CCCC(=O)OCC(COC(=O)CCCCCCCCCCCCCCCCCCCCCCCCCCCCCC)OC(=O)CCCCCCCCC/C=C\CCCCCCCCC. The molecular weight excluding hydrogens is 997 g/mol. The van der Waals surface area contributed by atoms with Crippen LogP contribution >= 0.6 is 0 Å². The van der Waals surface area contributed by atoms with Crippen LogP contribution < -0.4 is 0 Å². The molecule has 0 rings (SSSR count). The fourth-order valence-corrected chi connectivity index (χ4v) is 10.4. The van der Waals surface area contributed by atoms with Gasteiger partial charge in [0.05, 0.1) is 0 Å². The lowest BCUT2D eigenvalue weighted by Gasteiger charge is -2.18. The molecule has 0 radical (unpaired) electrons. The molecule has 0 aromatic rings. The molecule has 0 aromatic carbocycles. The molecule has 0 bridgehead atoms. The van der Waals surface area contributed by atoms with Gasteiger partial charge in [-0.3, -0.25) is 14.4 Å². The number of unbranched alkanes of at least 4 members (excludes halogenated alkanes) is 42. The van der Waals surface area contributed by atoms with Crippen LogP contribution in [0.1, 0.15) is 367 Å². The van der Waals surface area contributed by atoms with E-state index in [9.17, 15) is 14.4 Å². The largest absolute Gasteiger partial charge is 0.462 e. The average molecular weight is 1130 g/mol. The second-order valence-electron chi connectivity index (χ2n) is 23.8. The third kappa shape index (κ3) is 67.5. The fraction of sp³-hybridized carbons (Fsp3) is 0.800. The van der Waals surface area contributed by atoms with Gasteiger partial charge in [-0.25, -0.2) is 0 Å². The zero-order chi connectivity index (χ0) is 58.5. The highest BCUT2D eigenvalue weighted by atomic mass is 16.6. The molecule has 0 N–H and O–H groups in total. The van der Waals surface area contributed by atoms with Gasteiger partial charge in [0.2, 0.25) is 0 Å². The minimum absolute atomic E-state index is 0.0915. The number of allylic oxidation sites excluding steroid dienone is 12. The Bertz CT molecular complexity index is 1490. The summed E-state index contributed by atoms with van der Waals surface area (Å²) in [6.07, 6.45) is 90.9. The van der Waals surface area contributed by atoms with Gasteiger partial charge in [0, 0.05) is 19.3 Å². The summed E-state index contributed by atoms with van der Waals surface area (Å²) in [5.41, 5.74) is 0. The number of hydrogen-bond donors (Lipinski definition) is 0. The molecule has 0 fully saturated rings. The van der Waals surface area contributed by atoms with E-state index in [2.05, 4.69) is 93.7 Å². The van der Waals surface area contributed by atoms with E-state index in [1.54, 1.807) is 0 Å². The normalized spacial score (nSPS) is 12.5. The maximum absolute atomic E-state index is 12.9. The molecule has 0 spiro atoms. The van der Waals surface area contributed by atoms with Gasteiger partial charge < -0.3 is 14.2 Å². The third-order valence-corrected chi connectivity index (χ3v) is 15.7. The van der Waals surface area contributed by atoms with Crippen LogP contribution in [0.3, 0.4) is 0 Å². The summed E-state index contributed by atoms with van der Waals surface area (Å²) >= 11 is 0. The quantitative estimate of drug-likeness (QED) is 0.0261. The minimum atomic E-state index is -0.801. The van der Waals surface area contributed by atoms with Crippen molar-refractivity contribution in [1.29, 1.82) is 0 Å². The summed E-state index contributed by atoms with van der Waals surface area (Å²) < 4.78 is 16.9. The lowest BCUT2D eigenvalue weighted by Crippen LogP contribution is -2.30. The van der Waals surface area contributed by atoms with Crippen molar-refractivity contribution in [1.82, 2.24) is 0 Å². The van der Waals surface area contributed by atoms with Crippen molar-refractivity contribution in [2.24, 2.45) is 0 Å². The predicted octanol–water partition coefficient (Wildman–Crippen LogP) is 24.4. The van der Waals surface area contributed by atoms with Crippen LogP contribution in [0.2, 0.25) is 0 Å². The topological polar surface area (TPSA) is 78.9 Å². The lowest BCUT2D eigenvalue weighted by atomic mass is 10.0. The van der Waals surface area contributed by atoms with Crippen LogP contribution in [0, 0.1) is 0 Å². The van der Waals surface area contributed by atoms with Crippen molar-refractivity contribution in [2.45, 2.75) is 374 Å². The monoisotopic (exact) mass is 1130 g/mol. The highest BCUT2D eigenvalue weighted by molar-refractivity contribution is 5.71. The molecule has 81 heavy (non-hydrogen) atoms. The Hall–Kier alpha value is -3.15. The van der Waals surface area contributed by atoms with Crippen LogP contribution in [0.4, 0.5) is 0 Å². The summed E-state index contributed by atoms with van der Waals surface area (Å²) in [6.45, 7) is 6.53. The van der Waals surface area contributed by atoms with Gasteiger partial charge in [0.15, 0.2) is 6.10 Å². The van der Waals surface area contributed by atoms with Gasteiger partial charge >= 0.3 is 17.9 Å². The van der Waals surface area contributed by atoms with Crippen LogP contribution in [-0.2, 0) is 28.6 Å². The Kier molecular flexibility index (Phi) is 66.6. The van der Waals surface area contributed by atoms with Crippen molar-refractivity contribution < 1.29 is 28.6 Å². The van der Waals surface area contributed by atoms with E-state index >= 15 is 0 Å². The molecule has 6 heteroatoms. The third-order valence-electron chi connectivity index (χ3n) is 15.7. The first-order valence-electron chi connectivity index (χ1n) is 35.4. The highest BCUT2D eigenvalue weighted by Crippen LogP contribution is 2.18. The standard InChI is InChI=1S/C75H134O6/c1-4-7-10-13-16-19-22-25-28-31-33-34-35-36-37-38-39-40-41-42-45-47-50-53-56-59-62-65-68-74(77)80-71-72(70-79-73(76)67-64-61-58-55-52-49-46-43-30-27-24-21-18-15-12-9-6-3)81-75(78)69-66-63-60-57-54-51-48-44-32-29-26-23-20-17-14-11-8-5-2/h9,12,18,21,27,29-30,32,46,49,55,58,72H,4-8,10-11,13-17,19-20,22-26,28,31,33-45,47-48,50-54,56-57,59-71H2,1-3H3/b12-9-,21-18-,30-27-,32-29-,49-46-,58-55-.